The predicted octanol–water partition coefficient (Wildman–Crippen LogP) is 1.68. The van der Waals surface area contributed by atoms with Gasteiger partial charge in [-0.1, -0.05) is 0 Å². The summed E-state index contributed by atoms with van der Waals surface area (Å²) < 4.78 is 9.96. The topological polar surface area (TPSA) is 86.2 Å². The van der Waals surface area contributed by atoms with Gasteiger partial charge in [0.05, 0.1) is 13.2 Å². The van der Waals surface area contributed by atoms with E-state index in [0.29, 0.717) is 38.5 Å². The van der Waals surface area contributed by atoms with Gasteiger partial charge in [-0.05, 0) is 31.9 Å². The minimum Gasteiger partial charge on any atom is -0.466 e. The second-order valence-corrected chi connectivity index (χ2v) is 3.82. The minimum atomic E-state index is -0.215. The molecule has 0 fully saturated rings. The van der Waals surface area contributed by atoms with Crippen molar-refractivity contribution in [3.05, 3.63) is 5.28 Å². The monoisotopic (exact) mass is 288 g/mol. The molecule has 1 rings (SSSR count). The average Bonchev–Trinajstić information content (AvgIpc) is 2.35. The van der Waals surface area contributed by atoms with Crippen molar-refractivity contribution in [2.75, 3.05) is 25.1 Å². The number of hydrogen-bond donors (Lipinski definition) is 1. The van der Waals surface area contributed by atoms with E-state index in [0.717, 1.165) is 0 Å². The fraction of sp³-hybridized carbons (Fsp3) is 0.636. The Morgan fingerprint density at radius 3 is 2.74 bits per heavy atom. The van der Waals surface area contributed by atoms with Gasteiger partial charge in [0.15, 0.2) is 0 Å². The number of esters is 1. The maximum atomic E-state index is 11.1. The molecule has 0 amide bonds. The lowest BCUT2D eigenvalue weighted by atomic mass is 10.3. The van der Waals surface area contributed by atoms with Gasteiger partial charge in [-0.3, -0.25) is 4.79 Å². The van der Waals surface area contributed by atoms with E-state index in [-0.39, 0.29) is 17.3 Å². The molecule has 0 aliphatic heterocycles. The van der Waals surface area contributed by atoms with Gasteiger partial charge in [-0.15, -0.1) is 0 Å². The lowest BCUT2D eigenvalue weighted by molar-refractivity contribution is -0.143. The van der Waals surface area contributed by atoms with Gasteiger partial charge in [0.2, 0.25) is 11.2 Å². The molecule has 0 spiro atoms. The second-order valence-electron chi connectivity index (χ2n) is 3.48. The van der Waals surface area contributed by atoms with E-state index in [1.54, 1.807) is 6.92 Å². The third kappa shape index (κ3) is 6.19. The summed E-state index contributed by atoms with van der Waals surface area (Å²) in [7, 11) is 0. The molecule has 0 saturated heterocycles. The van der Waals surface area contributed by atoms with Crippen molar-refractivity contribution in [2.24, 2.45) is 0 Å². The molecular formula is C11H17ClN4O3. The Bertz CT molecular complexity index is 417. The van der Waals surface area contributed by atoms with E-state index < -0.39 is 0 Å². The van der Waals surface area contributed by atoms with Crippen LogP contribution in [0.4, 0.5) is 5.95 Å². The number of rotatable bonds is 8. The summed E-state index contributed by atoms with van der Waals surface area (Å²) in [6.45, 7) is 4.97. The van der Waals surface area contributed by atoms with Crippen LogP contribution in [-0.2, 0) is 9.53 Å². The fourth-order valence-electron chi connectivity index (χ4n) is 1.27. The van der Waals surface area contributed by atoms with E-state index in [4.69, 9.17) is 21.1 Å². The molecule has 8 heteroatoms. The lowest BCUT2D eigenvalue weighted by Gasteiger charge is -2.06. The maximum absolute atomic E-state index is 11.1. The number of nitrogens with zero attached hydrogens (tertiary/aromatic N) is 3. The van der Waals surface area contributed by atoms with Crippen molar-refractivity contribution in [3.63, 3.8) is 0 Å². The Balaban J connectivity index is 2.38. The highest BCUT2D eigenvalue weighted by atomic mass is 35.5. The Morgan fingerprint density at radius 1 is 1.26 bits per heavy atom. The van der Waals surface area contributed by atoms with Crippen molar-refractivity contribution in [2.45, 2.75) is 26.7 Å². The van der Waals surface area contributed by atoms with E-state index >= 15 is 0 Å². The number of aromatic nitrogens is 3. The third-order valence-electron chi connectivity index (χ3n) is 2.01. The molecule has 0 atom stereocenters. The molecule has 19 heavy (non-hydrogen) atoms. The van der Waals surface area contributed by atoms with Crippen LogP contribution in [0.25, 0.3) is 0 Å². The molecule has 0 saturated carbocycles. The van der Waals surface area contributed by atoms with Crippen molar-refractivity contribution in [3.8, 4) is 6.01 Å². The van der Waals surface area contributed by atoms with Crippen LogP contribution < -0.4 is 10.1 Å². The molecule has 0 unspecified atom stereocenters. The van der Waals surface area contributed by atoms with Crippen molar-refractivity contribution < 1.29 is 14.3 Å². The molecule has 1 N–H and O–H groups in total. The first-order valence-corrected chi connectivity index (χ1v) is 6.47. The van der Waals surface area contributed by atoms with Gasteiger partial charge < -0.3 is 14.8 Å². The quantitative estimate of drug-likeness (QED) is 0.575. The number of carbonyl (C=O) groups excluding carboxylic acids is 1. The highest BCUT2D eigenvalue weighted by Crippen LogP contribution is 2.11. The van der Waals surface area contributed by atoms with Crippen LogP contribution in [0.5, 0.6) is 6.01 Å². The van der Waals surface area contributed by atoms with Crippen LogP contribution in [-0.4, -0.2) is 40.7 Å². The first-order chi connectivity index (χ1) is 9.15. The molecular weight excluding hydrogens is 272 g/mol. The Labute approximate surface area is 116 Å². The SMILES string of the molecule is CCOC(=O)CCCNc1nc(Cl)nc(OCC)n1. The third-order valence-corrected chi connectivity index (χ3v) is 2.18. The number of hydrogen-bond acceptors (Lipinski definition) is 7. The van der Waals surface area contributed by atoms with Gasteiger partial charge in [0.1, 0.15) is 0 Å². The van der Waals surface area contributed by atoms with Crippen LogP contribution in [0.2, 0.25) is 5.28 Å². The van der Waals surface area contributed by atoms with Crippen LogP contribution in [0.1, 0.15) is 26.7 Å². The highest BCUT2D eigenvalue weighted by molar-refractivity contribution is 6.28. The average molecular weight is 289 g/mol. The zero-order valence-electron chi connectivity index (χ0n) is 11.0. The normalized spacial score (nSPS) is 10.1. The molecule has 1 aromatic heterocycles. The summed E-state index contributed by atoms with van der Waals surface area (Å²) >= 11 is 5.73. The first kappa shape index (κ1) is 15.4. The summed E-state index contributed by atoms with van der Waals surface area (Å²) in [5.74, 6) is 0.111. The fourth-order valence-corrected chi connectivity index (χ4v) is 1.42. The Kier molecular flexibility index (Phi) is 6.88. The van der Waals surface area contributed by atoms with Gasteiger partial charge in [0.25, 0.3) is 0 Å². The minimum absolute atomic E-state index is 0.0614. The summed E-state index contributed by atoms with van der Waals surface area (Å²) in [5, 5.41) is 3.01. The van der Waals surface area contributed by atoms with E-state index in [1.807, 2.05) is 6.92 Å². The van der Waals surface area contributed by atoms with Crippen LogP contribution in [0.3, 0.4) is 0 Å². The van der Waals surface area contributed by atoms with Crippen LogP contribution in [0.15, 0.2) is 0 Å². The molecule has 0 radical (unpaired) electrons. The highest BCUT2D eigenvalue weighted by Gasteiger charge is 2.06. The summed E-state index contributed by atoms with van der Waals surface area (Å²) in [4.78, 5) is 22.9. The lowest BCUT2D eigenvalue weighted by Crippen LogP contribution is -2.11. The zero-order chi connectivity index (χ0) is 14.1. The number of nitrogens with one attached hydrogen (secondary N) is 1. The molecule has 7 nitrogen and oxygen atoms in total. The summed E-state index contributed by atoms with van der Waals surface area (Å²) in [5.41, 5.74) is 0. The smallest absolute Gasteiger partial charge is 0.322 e. The van der Waals surface area contributed by atoms with Crippen LogP contribution in [0, 0.1) is 0 Å². The van der Waals surface area contributed by atoms with E-state index in [2.05, 4.69) is 20.3 Å². The summed E-state index contributed by atoms with van der Waals surface area (Å²) in [6.07, 6.45) is 0.962. The number of anilines is 1. The molecule has 106 valence electrons. The van der Waals surface area contributed by atoms with Crippen molar-refractivity contribution >= 4 is 23.5 Å². The molecule has 0 aromatic carbocycles. The zero-order valence-corrected chi connectivity index (χ0v) is 11.7. The van der Waals surface area contributed by atoms with Crippen molar-refractivity contribution in [1.29, 1.82) is 0 Å². The van der Waals surface area contributed by atoms with E-state index in [1.165, 1.54) is 0 Å². The largest absolute Gasteiger partial charge is 0.466 e. The summed E-state index contributed by atoms with van der Waals surface area (Å²) in [6, 6.07) is 0.176. The molecule has 0 aliphatic carbocycles. The van der Waals surface area contributed by atoms with Gasteiger partial charge in [-0.2, -0.15) is 15.0 Å². The number of carbonyl (C=O) groups is 1. The molecule has 0 aliphatic rings. The second kappa shape index (κ2) is 8.47. The van der Waals surface area contributed by atoms with Crippen molar-refractivity contribution in [1.82, 2.24) is 15.0 Å². The molecule has 1 heterocycles. The van der Waals surface area contributed by atoms with Gasteiger partial charge >= 0.3 is 12.0 Å². The van der Waals surface area contributed by atoms with Gasteiger partial charge in [-0.25, -0.2) is 0 Å². The molecule has 1 aromatic rings. The van der Waals surface area contributed by atoms with Gasteiger partial charge in [0, 0.05) is 13.0 Å². The first-order valence-electron chi connectivity index (χ1n) is 6.09. The number of ether oxygens (including phenoxy) is 2. The Hall–Kier alpha value is -1.63. The van der Waals surface area contributed by atoms with E-state index in [9.17, 15) is 4.79 Å². The molecule has 0 bridgehead atoms. The maximum Gasteiger partial charge on any atom is 0.322 e. The standard InChI is InChI=1S/C11H17ClN4O3/c1-3-18-8(17)6-5-7-13-10-14-9(12)15-11(16-10)19-4-2/h3-7H2,1-2H3,(H,13,14,15,16). The number of halogens is 1. The predicted molar refractivity (Wildman–Crippen MR) is 70.4 cm³/mol. The van der Waals surface area contributed by atoms with Crippen LogP contribution >= 0.6 is 11.6 Å². The Morgan fingerprint density at radius 2 is 2.05 bits per heavy atom.